The lowest BCUT2D eigenvalue weighted by atomic mass is 10.1. The molecular formula is C11H19N3S2. The van der Waals surface area contributed by atoms with Gasteiger partial charge in [0, 0.05) is 35.8 Å². The zero-order valence-electron chi connectivity index (χ0n) is 9.85. The van der Waals surface area contributed by atoms with Crippen molar-refractivity contribution in [1.29, 1.82) is 0 Å². The van der Waals surface area contributed by atoms with Crippen LogP contribution >= 0.6 is 23.5 Å². The molecule has 2 atom stereocenters. The molecule has 1 aliphatic rings. The third kappa shape index (κ3) is 2.96. The van der Waals surface area contributed by atoms with Crippen LogP contribution in [0.4, 0.5) is 0 Å². The van der Waals surface area contributed by atoms with Gasteiger partial charge in [-0.3, -0.25) is 4.68 Å². The van der Waals surface area contributed by atoms with E-state index in [1.807, 2.05) is 17.9 Å². The fourth-order valence-corrected chi connectivity index (χ4v) is 4.80. The molecule has 3 nitrogen and oxygen atoms in total. The molecule has 1 fully saturated rings. The van der Waals surface area contributed by atoms with E-state index in [1.54, 1.807) is 0 Å². The first-order valence-electron chi connectivity index (χ1n) is 5.73. The van der Waals surface area contributed by atoms with Crippen LogP contribution < -0.4 is 5.32 Å². The van der Waals surface area contributed by atoms with Crippen molar-refractivity contribution in [3.63, 3.8) is 0 Å². The predicted molar refractivity (Wildman–Crippen MR) is 73.2 cm³/mol. The zero-order chi connectivity index (χ0) is 11.4. The summed E-state index contributed by atoms with van der Waals surface area (Å²) in [4.78, 5) is 0. The molecule has 0 radical (unpaired) electrons. The maximum Gasteiger partial charge on any atom is 0.0805 e. The number of hydrogen-bond acceptors (Lipinski definition) is 4. The SMILES string of the molecule is CCNC(c1ccn(C)n1)C1CSCCS1. The van der Waals surface area contributed by atoms with E-state index < -0.39 is 0 Å². The van der Waals surface area contributed by atoms with E-state index in [0.29, 0.717) is 11.3 Å². The number of hydrogen-bond donors (Lipinski definition) is 1. The van der Waals surface area contributed by atoms with E-state index in [2.05, 4.69) is 46.9 Å². The van der Waals surface area contributed by atoms with Crippen molar-refractivity contribution in [2.45, 2.75) is 18.2 Å². The lowest BCUT2D eigenvalue weighted by Crippen LogP contribution is -2.34. The van der Waals surface area contributed by atoms with Crippen LogP contribution in [0, 0.1) is 0 Å². The normalized spacial score (nSPS) is 23.2. The van der Waals surface area contributed by atoms with E-state index in [4.69, 9.17) is 0 Å². The molecule has 0 saturated carbocycles. The molecule has 16 heavy (non-hydrogen) atoms. The lowest BCUT2D eigenvalue weighted by Gasteiger charge is -2.28. The molecule has 0 spiro atoms. The van der Waals surface area contributed by atoms with Crippen LogP contribution in [0.3, 0.4) is 0 Å². The molecule has 0 aromatic carbocycles. The number of aryl methyl sites for hydroxylation is 1. The van der Waals surface area contributed by atoms with E-state index in [-0.39, 0.29) is 0 Å². The van der Waals surface area contributed by atoms with Crippen molar-refractivity contribution in [2.24, 2.45) is 7.05 Å². The summed E-state index contributed by atoms with van der Waals surface area (Å²) in [6.45, 7) is 3.17. The molecule has 2 rings (SSSR count). The number of nitrogens with one attached hydrogen (secondary N) is 1. The van der Waals surface area contributed by atoms with Gasteiger partial charge in [-0.15, -0.1) is 0 Å². The summed E-state index contributed by atoms with van der Waals surface area (Å²) in [5.74, 6) is 3.80. The van der Waals surface area contributed by atoms with E-state index in [0.717, 1.165) is 6.54 Å². The molecule has 1 aromatic rings. The van der Waals surface area contributed by atoms with Gasteiger partial charge >= 0.3 is 0 Å². The second-order valence-electron chi connectivity index (χ2n) is 3.93. The average Bonchev–Trinajstić information content (AvgIpc) is 2.74. The Hall–Kier alpha value is -0.130. The van der Waals surface area contributed by atoms with Gasteiger partial charge in [0.2, 0.25) is 0 Å². The van der Waals surface area contributed by atoms with Gasteiger partial charge in [-0.2, -0.15) is 28.6 Å². The summed E-state index contributed by atoms with van der Waals surface area (Å²) in [6, 6.07) is 2.54. The number of thioether (sulfide) groups is 2. The summed E-state index contributed by atoms with van der Waals surface area (Å²) in [6.07, 6.45) is 2.03. The summed E-state index contributed by atoms with van der Waals surface area (Å²) >= 11 is 4.15. The highest BCUT2D eigenvalue weighted by Crippen LogP contribution is 2.32. The van der Waals surface area contributed by atoms with Crippen LogP contribution in [0.15, 0.2) is 12.3 Å². The first-order valence-corrected chi connectivity index (χ1v) is 7.94. The van der Waals surface area contributed by atoms with Gasteiger partial charge in [-0.1, -0.05) is 6.92 Å². The third-order valence-corrected chi connectivity index (χ3v) is 5.55. The Labute approximate surface area is 106 Å². The predicted octanol–water partition coefficient (Wildman–Crippen LogP) is 1.92. The molecule has 0 bridgehead atoms. The molecule has 1 aromatic heterocycles. The summed E-state index contributed by atoms with van der Waals surface area (Å²) < 4.78 is 1.89. The highest BCUT2D eigenvalue weighted by molar-refractivity contribution is 8.06. The number of rotatable bonds is 4. The van der Waals surface area contributed by atoms with E-state index in [9.17, 15) is 0 Å². The molecular weight excluding hydrogens is 238 g/mol. The topological polar surface area (TPSA) is 29.9 Å². The zero-order valence-corrected chi connectivity index (χ0v) is 11.5. The van der Waals surface area contributed by atoms with Gasteiger partial charge in [0.05, 0.1) is 11.7 Å². The van der Waals surface area contributed by atoms with Gasteiger partial charge < -0.3 is 5.32 Å². The molecule has 5 heteroatoms. The lowest BCUT2D eigenvalue weighted by molar-refractivity contribution is 0.529. The maximum atomic E-state index is 4.54. The fraction of sp³-hybridized carbons (Fsp3) is 0.727. The maximum absolute atomic E-state index is 4.54. The molecule has 1 saturated heterocycles. The first kappa shape index (κ1) is 12.3. The van der Waals surface area contributed by atoms with Crippen LogP contribution in [0.25, 0.3) is 0 Å². The van der Waals surface area contributed by atoms with Crippen molar-refractivity contribution >= 4 is 23.5 Å². The molecule has 1 aliphatic heterocycles. The Morgan fingerprint density at radius 3 is 3.06 bits per heavy atom. The molecule has 2 unspecified atom stereocenters. The van der Waals surface area contributed by atoms with Crippen LogP contribution in [-0.4, -0.2) is 38.8 Å². The average molecular weight is 257 g/mol. The van der Waals surface area contributed by atoms with Crippen molar-refractivity contribution < 1.29 is 0 Å². The summed E-state index contributed by atoms with van der Waals surface area (Å²) in [5, 5.41) is 8.77. The second-order valence-corrected chi connectivity index (χ2v) is 6.43. The summed E-state index contributed by atoms with van der Waals surface area (Å²) in [7, 11) is 1.98. The summed E-state index contributed by atoms with van der Waals surface area (Å²) in [5.41, 5.74) is 1.18. The minimum atomic E-state index is 0.406. The first-order chi connectivity index (χ1) is 7.81. The Morgan fingerprint density at radius 2 is 2.50 bits per heavy atom. The van der Waals surface area contributed by atoms with Crippen molar-refractivity contribution in [3.8, 4) is 0 Å². The molecule has 1 N–H and O–H groups in total. The van der Waals surface area contributed by atoms with Gasteiger partial charge in [0.15, 0.2) is 0 Å². The minimum Gasteiger partial charge on any atom is -0.308 e. The van der Waals surface area contributed by atoms with Gasteiger partial charge in [0.1, 0.15) is 0 Å². The van der Waals surface area contributed by atoms with Gasteiger partial charge in [-0.05, 0) is 12.6 Å². The van der Waals surface area contributed by atoms with E-state index in [1.165, 1.54) is 23.0 Å². The van der Waals surface area contributed by atoms with Gasteiger partial charge in [-0.25, -0.2) is 0 Å². The van der Waals surface area contributed by atoms with E-state index >= 15 is 0 Å². The molecule has 2 heterocycles. The quantitative estimate of drug-likeness (QED) is 0.892. The highest BCUT2D eigenvalue weighted by atomic mass is 32.2. The largest absolute Gasteiger partial charge is 0.308 e. The van der Waals surface area contributed by atoms with Crippen molar-refractivity contribution in [2.75, 3.05) is 23.8 Å². The monoisotopic (exact) mass is 257 g/mol. The molecule has 0 aliphatic carbocycles. The van der Waals surface area contributed by atoms with Crippen molar-refractivity contribution in [3.05, 3.63) is 18.0 Å². The highest BCUT2D eigenvalue weighted by Gasteiger charge is 2.26. The van der Waals surface area contributed by atoms with Crippen molar-refractivity contribution in [1.82, 2.24) is 15.1 Å². The Kier molecular flexibility index (Phi) is 4.61. The van der Waals surface area contributed by atoms with Crippen LogP contribution in [-0.2, 0) is 7.05 Å². The standard InChI is InChI=1S/C11H19N3S2/c1-3-12-11(9-4-5-14(2)13-9)10-8-15-6-7-16-10/h4-5,10-12H,3,6-8H2,1-2H3. The Morgan fingerprint density at radius 1 is 1.62 bits per heavy atom. The number of aromatic nitrogens is 2. The third-order valence-electron chi connectivity index (χ3n) is 2.69. The van der Waals surface area contributed by atoms with Crippen LogP contribution in [0.2, 0.25) is 0 Å². The van der Waals surface area contributed by atoms with Crippen LogP contribution in [0.1, 0.15) is 18.7 Å². The second kappa shape index (κ2) is 5.98. The molecule has 0 amide bonds. The van der Waals surface area contributed by atoms with Crippen LogP contribution in [0.5, 0.6) is 0 Å². The minimum absolute atomic E-state index is 0.406. The Balaban J connectivity index is 2.09. The smallest absolute Gasteiger partial charge is 0.0805 e. The number of nitrogens with zero attached hydrogens (tertiary/aromatic N) is 2. The Bertz CT molecular complexity index is 321. The fourth-order valence-electron chi connectivity index (χ4n) is 1.94. The molecule has 90 valence electrons. The van der Waals surface area contributed by atoms with Gasteiger partial charge in [0.25, 0.3) is 0 Å².